The Morgan fingerprint density at radius 3 is 1.59 bits per heavy atom. The Kier molecular flexibility index (Phi) is 6.02. The van der Waals surface area contributed by atoms with E-state index in [9.17, 15) is 9.59 Å². The van der Waals surface area contributed by atoms with Gasteiger partial charge in [0.15, 0.2) is 0 Å². The van der Waals surface area contributed by atoms with E-state index >= 15 is 0 Å². The third kappa shape index (κ3) is 3.75. The van der Waals surface area contributed by atoms with Gasteiger partial charge in [0.05, 0.1) is 0 Å². The van der Waals surface area contributed by atoms with Crippen molar-refractivity contribution < 1.29 is 19.1 Å². The van der Waals surface area contributed by atoms with Crippen molar-refractivity contribution in [2.24, 2.45) is 0 Å². The molecule has 0 aliphatic heterocycles. The lowest BCUT2D eigenvalue weighted by molar-refractivity contribution is -0.129. The quantitative estimate of drug-likeness (QED) is 0.328. The van der Waals surface area contributed by atoms with Gasteiger partial charge in [-0.15, -0.1) is 0 Å². The van der Waals surface area contributed by atoms with Crippen molar-refractivity contribution in [3.63, 3.8) is 0 Å². The molecule has 0 saturated heterocycles. The number of rotatable bonds is 8. The second kappa shape index (κ2) is 8.48. The predicted octanol–water partition coefficient (Wildman–Crippen LogP) is 5.74. The topological polar surface area (TPSA) is 52.6 Å². The Bertz CT molecular complexity index is 891. The van der Waals surface area contributed by atoms with E-state index < -0.39 is 11.9 Å². The molecule has 0 radical (unpaired) electrons. The molecule has 0 spiro atoms. The number of ether oxygens (including phenoxy) is 2. The van der Waals surface area contributed by atoms with Gasteiger partial charge in [-0.3, -0.25) is 0 Å². The molecule has 4 heteroatoms. The lowest BCUT2D eigenvalue weighted by Crippen LogP contribution is -2.25. The van der Waals surface area contributed by atoms with Gasteiger partial charge in [0, 0.05) is 17.6 Å². The first kappa shape index (κ1) is 20.6. The minimum atomic E-state index is -0.476. The first-order valence-electron chi connectivity index (χ1n) is 9.97. The van der Waals surface area contributed by atoms with Gasteiger partial charge in [-0.25, -0.2) is 9.59 Å². The van der Waals surface area contributed by atoms with Crippen molar-refractivity contribution in [2.45, 2.75) is 44.9 Å². The highest BCUT2D eigenvalue weighted by Gasteiger charge is 2.42. The van der Waals surface area contributed by atoms with Crippen molar-refractivity contribution in [1.29, 1.82) is 0 Å². The summed E-state index contributed by atoms with van der Waals surface area (Å²) >= 11 is 0. The maximum atomic E-state index is 11.7. The van der Waals surface area contributed by atoms with Crippen LogP contribution in [0.4, 0.5) is 0 Å². The summed E-state index contributed by atoms with van der Waals surface area (Å²) in [4.78, 5) is 23.4. The maximum absolute atomic E-state index is 11.7. The first-order valence-corrected chi connectivity index (χ1v) is 9.97. The Labute approximate surface area is 171 Å². The average molecular weight is 390 g/mol. The van der Waals surface area contributed by atoms with Crippen molar-refractivity contribution in [2.75, 3.05) is 0 Å². The summed E-state index contributed by atoms with van der Waals surface area (Å²) in [6.45, 7) is 11.3. The van der Waals surface area contributed by atoms with Gasteiger partial charge < -0.3 is 9.47 Å². The number of hydrogen-bond donors (Lipinski definition) is 0. The molecule has 0 N–H and O–H groups in total. The maximum Gasteiger partial charge on any atom is 0.335 e. The zero-order valence-corrected chi connectivity index (χ0v) is 17.0. The molecule has 4 nitrogen and oxygen atoms in total. The SMILES string of the molecule is C=CC(=O)Oc1ccc2c(c1)C(CCC)(CCC)c1cc(OC(=O)C=C)ccc1-2. The van der Waals surface area contributed by atoms with Crippen molar-refractivity contribution in [1.82, 2.24) is 0 Å². The van der Waals surface area contributed by atoms with Gasteiger partial charge in [0.1, 0.15) is 11.5 Å². The van der Waals surface area contributed by atoms with Crippen LogP contribution in [0.25, 0.3) is 11.1 Å². The molecule has 2 aromatic carbocycles. The van der Waals surface area contributed by atoms with Gasteiger partial charge in [0.25, 0.3) is 0 Å². The number of carbonyl (C=O) groups is 2. The summed E-state index contributed by atoms with van der Waals surface area (Å²) < 4.78 is 10.8. The monoisotopic (exact) mass is 390 g/mol. The molecule has 0 aromatic heterocycles. The summed E-state index contributed by atoms with van der Waals surface area (Å²) in [5.74, 6) is 0.0685. The van der Waals surface area contributed by atoms with Crippen LogP contribution in [0.2, 0.25) is 0 Å². The van der Waals surface area contributed by atoms with Crippen LogP contribution in [-0.2, 0) is 15.0 Å². The summed E-state index contributed by atoms with van der Waals surface area (Å²) in [6, 6.07) is 11.6. The van der Waals surface area contributed by atoms with Crippen LogP contribution >= 0.6 is 0 Å². The minimum absolute atomic E-state index is 0.221. The molecule has 3 rings (SSSR count). The standard InChI is InChI=1S/C25H26O4/c1-5-13-25(14-6-2)21-15-17(28-23(26)7-3)9-11-19(21)20-12-10-18(16-22(20)25)29-24(27)8-4/h7-12,15-16H,3-6,13-14H2,1-2H3. The molecule has 0 fully saturated rings. The normalized spacial score (nSPS) is 13.2. The van der Waals surface area contributed by atoms with Gasteiger partial charge in [-0.2, -0.15) is 0 Å². The van der Waals surface area contributed by atoms with Crippen LogP contribution < -0.4 is 9.47 Å². The molecule has 0 atom stereocenters. The van der Waals surface area contributed by atoms with E-state index in [0.29, 0.717) is 11.5 Å². The number of esters is 2. The molecule has 0 bridgehead atoms. The van der Waals surface area contributed by atoms with E-state index in [4.69, 9.17) is 9.47 Å². The summed E-state index contributed by atoms with van der Waals surface area (Å²) in [7, 11) is 0. The highest BCUT2D eigenvalue weighted by atomic mass is 16.5. The van der Waals surface area contributed by atoms with Gasteiger partial charge >= 0.3 is 11.9 Å². The van der Waals surface area contributed by atoms with Gasteiger partial charge in [0.2, 0.25) is 0 Å². The Morgan fingerprint density at radius 1 is 0.828 bits per heavy atom. The molecule has 150 valence electrons. The van der Waals surface area contributed by atoms with E-state index in [-0.39, 0.29) is 5.41 Å². The van der Waals surface area contributed by atoms with Crippen LogP contribution in [-0.4, -0.2) is 11.9 Å². The van der Waals surface area contributed by atoms with Crippen LogP contribution in [0, 0.1) is 0 Å². The van der Waals surface area contributed by atoms with E-state index in [0.717, 1.165) is 60.1 Å². The van der Waals surface area contributed by atoms with Gasteiger partial charge in [-0.05, 0) is 59.4 Å². The van der Waals surface area contributed by atoms with E-state index in [1.54, 1.807) is 0 Å². The lowest BCUT2D eigenvalue weighted by atomic mass is 9.71. The zero-order chi connectivity index (χ0) is 21.0. The number of fused-ring (bicyclic) bond motifs is 3. The predicted molar refractivity (Wildman–Crippen MR) is 114 cm³/mol. The summed E-state index contributed by atoms with van der Waals surface area (Å²) in [5.41, 5.74) is 4.33. The van der Waals surface area contributed by atoms with Crippen LogP contribution in [0.15, 0.2) is 61.7 Å². The highest BCUT2D eigenvalue weighted by molar-refractivity contribution is 5.86. The Morgan fingerprint density at radius 2 is 1.24 bits per heavy atom. The highest BCUT2D eigenvalue weighted by Crippen LogP contribution is 2.55. The number of benzene rings is 2. The lowest BCUT2D eigenvalue weighted by Gasteiger charge is -2.32. The molecule has 0 heterocycles. The second-order valence-electron chi connectivity index (χ2n) is 7.25. The molecular weight excluding hydrogens is 364 g/mol. The number of hydrogen-bond acceptors (Lipinski definition) is 4. The molecule has 1 aliphatic rings. The van der Waals surface area contributed by atoms with Crippen molar-refractivity contribution in [3.05, 3.63) is 72.8 Å². The zero-order valence-electron chi connectivity index (χ0n) is 17.0. The van der Waals surface area contributed by atoms with Crippen LogP contribution in [0.5, 0.6) is 11.5 Å². The Balaban J connectivity index is 2.17. The smallest absolute Gasteiger partial charge is 0.335 e. The van der Waals surface area contributed by atoms with Gasteiger partial charge in [-0.1, -0.05) is 52.0 Å². The molecule has 1 aliphatic carbocycles. The van der Waals surface area contributed by atoms with E-state index in [1.165, 1.54) is 0 Å². The fourth-order valence-electron chi connectivity index (χ4n) is 4.41. The molecular formula is C25H26O4. The molecule has 0 amide bonds. The molecule has 2 aromatic rings. The van der Waals surface area contributed by atoms with E-state index in [2.05, 4.69) is 27.0 Å². The molecule has 0 saturated carbocycles. The molecule has 29 heavy (non-hydrogen) atoms. The molecule has 0 unspecified atom stereocenters. The van der Waals surface area contributed by atoms with Crippen LogP contribution in [0.3, 0.4) is 0 Å². The fourth-order valence-corrected chi connectivity index (χ4v) is 4.41. The summed E-state index contributed by atoms with van der Waals surface area (Å²) in [5, 5.41) is 0. The number of carbonyl (C=O) groups excluding carboxylic acids is 2. The average Bonchev–Trinajstić information content (AvgIpc) is 2.97. The van der Waals surface area contributed by atoms with Crippen molar-refractivity contribution >= 4 is 11.9 Å². The first-order chi connectivity index (χ1) is 14.0. The van der Waals surface area contributed by atoms with E-state index in [1.807, 2.05) is 36.4 Å². The fraction of sp³-hybridized carbons (Fsp3) is 0.280. The third-order valence-electron chi connectivity index (χ3n) is 5.43. The van der Waals surface area contributed by atoms with Crippen molar-refractivity contribution in [3.8, 4) is 22.6 Å². The Hall–Kier alpha value is -3.14. The summed E-state index contributed by atoms with van der Waals surface area (Å²) in [6.07, 6.45) is 6.19. The third-order valence-corrected chi connectivity index (χ3v) is 5.43. The second-order valence-corrected chi connectivity index (χ2v) is 7.25. The largest absolute Gasteiger partial charge is 0.423 e. The minimum Gasteiger partial charge on any atom is -0.423 e. The van der Waals surface area contributed by atoms with Crippen LogP contribution in [0.1, 0.15) is 50.7 Å².